The van der Waals surface area contributed by atoms with Crippen LogP contribution < -0.4 is 0 Å². The fourth-order valence-electron chi connectivity index (χ4n) is 2.32. The number of rotatable bonds is 16. The summed E-state index contributed by atoms with van der Waals surface area (Å²) < 4.78 is 26.2. The minimum absolute atomic E-state index is 0.326. The Labute approximate surface area is 144 Å². The molecule has 0 aromatic heterocycles. The van der Waals surface area contributed by atoms with Crippen LogP contribution in [0.5, 0.6) is 0 Å². The van der Waals surface area contributed by atoms with Gasteiger partial charge in [-0.3, -0.25) is 4.18 Å². The molecule has 0 radical (unpaired) electrons. The van der Waals surface area contributed by atoms with Gasteiger partial charge in [0.2, 0.25) is 0 Å². The molecule has 0 atom stereocenters. The summed E-state index contributed by atoms with van der Waals surface area (Å²) in [6.07, 6.45) is 24.4. The second-order valence-corrected chi connectivity index (χ2v) is 7.79. The van der Waals surface area contributed by atoms with Crippen molar-refractivity contribution in [2.24, 2.45) is 0 Å². The highest BCUT2D eigenvalue weighted by atomic mass is 32.2. The van der Waals surface area contributed by atoms with Crippen molar-refractivity contribution in [1.29, 1.82) is 0 Å². The Morgan fingerprint density at radius 3 is 1.74 bits per heavy atom. The lowest BCUT2D eigenvalue weighted by Gasteiger charge is -2.01. The Balaban J connectivity index is 3.23. The molecule has 0 heterocycles. The van der Waals surface area contributed by atoms with Crippen molar-refractivity contribution in [1.82, 2.24) is 0 Å². The zero-order valence-corrected chi connectivity index (χ0v) is 16.0. The van der Waals surface area contributed by atoms with Gasteiger partial charge in [0.15, 0.2) is 0 Å². The van der Waals surface area contributed by atoms with Crippen molar-refractivity contribution >= 4 is 10.1 Å². The van der Waals surface area contributed by atoms with Crippen LogP contribution in [0.1, 0.15) is 84.0 Å². The average molecular weight is 345 g/mol. The highest BCUT2D eigenvalue weighted by Crippen LogP contribution is 2.08. The molecule has 0 N–H and O–H groups in total. The summed E-state index contributed by atoms with van der Waals surface area (Å²) in [5.74, 6) is 0. The number of hydrogen-bond donors (Lipinski definition) is 0. The summed E-state index contributed by atoms with van der Waals surface area (Å²) in [7, 11) is -3.26. The molecule has 0 bridgehead atoms. The van der Waals surface area contributed by atoms with E-state index in [4.69, 9.17) is 4.18 Å². The average Bonchev–Trinajstić information content (AvgIpc) is 2.49. The molecule has 0 aliphatic heterocycles. The monoisotopic (exact) mass is 344 g/mol. The van der Waals surface area contributed by atoms with Crippen LogP contribution in [0.25, 0.3) is 0 Å². The lowest BCUT2D eigenvalue weighted by molar-refractivity contribution is 0.309. The molecular weight excluding hydrogens is 308 g/mol. The molecule has 0 aromatic carbocycles. The molecule has 4 heteroatoms. The Kier molecular flexibility index (Phi) is 15.8. The maximum atomic E-state index is 10.8. The highest BCUT2D eigenvalue weighted by molar-refractivity contribution is 7.85. The van der Waals surface area contributed by atoms with E-state index in [-0.39, 0.29) is 0 Å². The van der Waals surface area contributed by atoms with Crippen LogP contribution in [-0.4, -0.2) is 21.3 Å². The third-order valence-corrected chi connectivity index (χ3v) is 4.26. The third kappa shape index (κ3) is 21.4. The van der Waals surface area contributed by atoms with Crippen LogP contribution in [0.4, 0.5) is 0 Å². The summed E-state index contributed by atoms with van der Waals surface area (Å²) in [6, 6.07) is 0. The molecule has 0 unspecified atom stereocenters. The van der Waals surface area contributed by atoms with Crippen molar-refractivity contribution in [3.63, 3.8) is 0 Å². The lowest BCUT2D eigenvalue weighted by atomic mass is 10.1. The standard InChI is InChI=1S/C19H36O3S/c1-3-4-5-6-7-8-9-10-11-12-13-14-15-16-17-18-19-22-23(2,20)21/h8-11H,3-7,12-19H2,1-2H3/b9-8+,11-10-. The van der Waals surface area contributed by atoms with E-state index >= 15 is 0 Å². The molecule has 23 heavy (non-hydrogen) atoms. The van der Waals surface area contributed by atoms with Crippen LogP contribution >= 0.6 is 0 Å². The first-order valence-electron chi connectivity index (χ1n) is 9.22. The summed E-state index contributed by atoms with van der Waals surface area (Å²) in [5.41, 5.74) is 0. The molecule has 0 amide bonds. The smallest absolute Gasteiger partial charge is 0.264 e. The van der Waals surface area contributed by atoms with Gasteiger partial charge in [-0.1, -0.05) is 76.2 Å². The molecule has 0 saturated heterocycles. The summed E-state index contributed by atoms with van der Waals surface area (Å²) in [4.78, 5) is 0. The number of allylic oxidation sites excluding steroid dienone is 4. The SMILES string of the molecule is CCCCCC/C=C/C=C\CCCCCCCCOS(C)(=O)=O. The Morgan fingerprint density at radius 2 is 1.22 bits per heavy atom. The molecule has 0 spiro atoms. The first-order valence-corrected chi connectivity index (χ1v) is 11.0. The molecule has 0 rings (SSSR count). The second-order valence-electron chi connectivity index (χ2n) is 6.14. The van der Waals surface area contributed by atoms with Gasteiger partial charge in [0.05, 0.1) is 12.9 Å². The number of unbranched alkanes of at least 4 members (excludes halogenated alkanes) is 10. The van der Waals surface area contributed by atoms with E-state index in [1.54, 1.807) is 0 Å². The highest BCUT2D eigenvalue weighted by Gasteiger charge is 1.99. The lowest BCUT2D eigenvalue weighted by Crippen LogP contribution is -2.03. The normalized spacial score (nSPS) is 12.6. The van der Waals surface area contributed by atoms with Crippen LogP contribution in [0.15, 0.2) is 24.3 Å². The Bertz CT molecular complexity index is 397. The van der Waals surface area contributed by atoms with E-state index < -0.39 is 10.1 Å². The van der Waals surface area contributed by atoms with Crippen molar-refractivity contribution in [3.05, 3.63) is 24.3 Å². The van der Waals surface area contributed by atoms with Crippen LogP contribution in [0, 0.1) is 0 Å². The molecule has 0 fully saturated rings. The van der Waals surface area contributed by atoms with Gasteiger partial charge in [0.1, 0.15) is 0 Å². The molecule has 136 valence electrons. The molecule has 0 aliphatic rings. The van der Waals surface area contributed by atoms with E-state index in [0.717, 1.165) is 31.9 Å². The van der Waals surface area contributed by atoms with E-state index in [1.807, 2.05) is 0 Å². The fraction of sp³-hybridized carbons (Fsp3) is 0.789. The van der Waals surface area contributed by atoms with Crippen LogP contribution in [-0.2, 0) is 14.3 Å². The zero-order chi connectivity index (χ0) is 17.2. The second kappa shape index (κ2) is 16.3. The van der Waals surface area contributed by atoms with Crippen molar-refractivity contribution in [2.75, 3.05) is 12.9 Å². The van der Waals surface area contributed by atoms with Crippen molar-refractivity contribution in [2.45, 2.75) is 84.0 Å². The minimum Gasteiger partial charge on any atom is -0.270 e. The van der Waals surface area contributed by atoms with E-state index in [0.29, 0.717) is 6.61 Å². The van der Waals surface area contributed by atoms with E-state index in [1.165, 1.54) is 51.4 Å². The minimum atomic E-state index is -3.26. The maximum absolute atomic E-state index is 10.8. The van der Waals surface area contributed by atoms with Crippen molar-refractivity contribution < 1.29 is 12.6 Å². The van der Waals surface area contributed by atoms with Gasteiger partial charge >= 0.3 is 0 Å². The predicted molar refractivity (Wildman–Crippen MR) is 100 cm³/mol. The summed E-state index contributed by atoms with van der Waals surface area (Å²) in [6.45, 7) is 2.57. The van der Waals surface area contributed by atoms with Gasteiger partial charge < -0.3 is 0 Å². The van der Waals surface area contributed by atoms with Crippen LogP contribution in [0.2, 0.25) is 0 Å². The largest absolute Gasteiger partial charge is 0.270 e. The van der Waals surface area contributed by atoms with Gasteiger partial charge in [-0.2, -0.15) is 8.42 Å². The topological polar surface area (TPSA) is 43.4 Å². The molecule has 0 aliphatic carbocycles. The Morgan fingerprint density at radius 1 is 0.739 bits per heavy atom. The quantitative estimate of drug-likeness (QED) is 0.203. The van der Waals surface area contributed by atoms with Gasteiger partial charge in [0, 0.05) is 0 Å². The Hall–Kier alpha value is -0.610. The third-order valence-electron chi connectivity index (χ3n) is 3.67. The predicted octanol–water partition coefficient (Wildman–Crippen LogP) is 5.78. The van der Waals surface area contributed by atoms with E-state index in [9.17, 15) is 8.42 Å². The summed E-state index contributed by atoms with van der Waals surface area (Å²) in [5, 5.41) is 0. The fourth-order valence-corrected chi connectivity index (χ4v) is 2.74. The number of hydrogen-bond acceptors (Lipinski definition) is 3. The van der Waals surface area contributed by atoms with Gasteiger partial charge in [-0.15, -0.1) is 0 Å². The van der Waals surface area contributed by atoms with Crippen LogP contribution in [0.3, 0.4) is 0 Å². The summed E-state index contributed by atoms with van der Waals surface area (Å²) >= 11 is 0. The molecule has 3 nitrogen and oxygen atoms in total. The van der Waals surface area contributed by atoms with E-state index in [2.05, 4.69) is 31.2 Å². The first-order chi connectivity index (χ1) is 11.1. The van der Waals surface area contributed by atoms with Crippen molar-refractivity contribution in [3.8, 4) is 0 Å². The van der Waals surface area contributed by atoms with Gasteiger partial charge in [0.25, 0.3) is 10.1 Å². The first kappa shape index (κ1) is 22.4. The van der Waals surface area contributed by atoms with Gasteiger partial charge in [-0.05, 0) is 32.1 Å². The molecular formula is C19H36O3S. The van der Waals surface area contributed by atoms with Gasteiger partial charge in [-0.25, -0.2) is 0 Å². The maximum Gasteiger partial charge on any atom is 0.264 e. The molecule has 0 saturated carbocycles. The zero-order valence-electron chi connectivity index (χ0n) is 15.1. The molecule has 0 aromatic rings.